The molecule has 2 rings (SSSR count). The van der Waals surface area contributed by atoms with Crippen LogP contribution in [0.1, 0.15) is 32.1 Å². The van der Waals surface area contributed by atoms with Gasteiger partial charge in [-0.05, 0) is 25.7 Å². The topological polar surface area (TPSA) is 38.3 Å². The van der Waals surface area contributed by atoms with Gasteiger partial charge in [0.05, 0.1) is 6.10 Å². The Morgan fingerprint density at radius 2 is 2.29 bits per heavy atom. The van der Waals surface area contributed by atoms with Crippen LogP contribution in [0.15, 0.2) is 0 Å². The molecule has 80 valence electrons. The number of carbonyl (C=O) groups excluding carboxylic acids is 1. The Hall–Kier alpha value is -0.410. The molecule has 0 aromatic carbocycles. The Balaban J connectivity index is 1.55. The standard InChI is InChI=1S/C11H19NO2/c13-11(9-7-12-8-9)5-1-3-10-4-2-6-14-10/h9-10,12H,1-8H2. The quantitative estimate of drug-likeness (QED) is 0.718. The fourth-order valence-electron chi connectivity index (χ4n) is 2.10. The third kappa shape index (κ3) is 2.55. The molecule has 2 saturated heterocycles. The third-order valence-corrected chi connectivity index (χ3v) is 3.21. The van der Waals surface area contributed by atoms with Gasteiger partial charge in [0.15, 0.2) is 0 Å². The fraction of sp³-hybridized carbons (Fsp3) is 0.909. The lowest BCUT2D eigenvalue weighted by atomic mass is 9.94. The molecule has 2 aliphatic heterocycles. The van der Waals surface area contributed by atoms with Gasteiger partial charge in [0.25, 0.3) is 0 Å². The first kappa shape index (κ1) is 10.1. The molecule has 0 radical (unpaired) electrons. The van der Waals surface area contributed by atoms with Crippen molar-refractivity contribution in [3.8, 4) is 0 Å². The Kier molecular flexibility index (Phi) is 3.54. The molecular weight excluding hydrogens is 178 g/mol. The SMILES string of the molecule is O=C(CCCC1CCCO1)C1CNC1. The van der Waals surface area contributed by atoms with Crippen molar-refractivity contribution >= 4 is 5.78 Å². The average Bonchev–Trinajstić information content (AvgIpc) is 2.53. The molecular formula is C11H19NO2. The zero-order valence-electron chi connectivity index (χ0n) is 8.63. The maximum atomic E-state index is 11.5. The molecule has 1 N–H and O–H groups in total. The highest BCUT2D eigenvalue weighted by molar-refractivity contribution is 5.82. The van der Waals surface area contributed by atoms with Crippen molar-refractivity contribution in [1.82, 2.24) is 5.32 Å². The number of Topliss-reactive ketones (excluding diaryl/α,β-unsaturated/α-hetero) is 1. The number of hydrogen-bond acceptors (Lipinski definition) is 3. The average molecular weight is 197 g/mol. The van der Waals surface area contributed by atoms with Gasteiger partial charge in [0.2, 0.25) is 0 Å². The van der Waals surface area contributed by atoms with Crippen LogP contribution in [0.2, 0.25) is 0 Å². The van der Waals surface area contributed by atoms with Gasteiger partial charge in [-0.3, -0.25) is 4.79 Å². The molecule has 0 bridgehead atoms. The van der Waals surface area contributed by atoms with E-state index in [1.54, 1.807) is 0 Å². The van der Waals surface area contributed by atoms with Gasteiger partial charge in [-0.25, -0.2) is 0 Å². The highest BCUT2D eigenvalue weighted by Gasteiger charge is 2.24. The van der Waals surface area contributed by atoms with Gasteiger partial charge in [0.1, 0.15) is 5.78 Å². The predicted octanol–water partition coefficient (Wildman–Crippen LogP) is 1.12. The van der Waals surface area contributed by atoms with Crippen molar-refractivity contribution in [3.05, 3.63) is 0 Å². The zero-order chi connectivity index (χ0) is 9.80. The van der Waals surface area contributed by atoms with E-state index in [0.717, 1.165) is 39.0 Å². The summed E-state index contributed by atoms with van der Waals surface area (Å²) in [6, 6.07) is 0. The maximum Gasteiger partial charge on any atom is 0.138 e. The first-order chi connectivity index (χ1) is 6.86. The molecule has 0 spiro atoms. The molecule has 3 nitrogen and oxygen atoms in total. The van der Waals surface area contributed by atoms with Crippen molar-refractivity contribution in [2.24, 2.45) is 5.92 Å². The molecule has 0 saturated carbocycles. The van der Waals surface area contributed by atoms with Crippen LogP contribution < -0.4 is 5.32 Å². The van der Waals surface area contributed by atoms with Gasteiger partial charge in [-0.2, -0.15) is 0 Å². The van der Waals surface area contributed by atoms with Crippen molar-refractivity contribution < 1.29 is 9.53 Å². The van der Waals surface area contributed by atoms with E-state index in [9.17, 15) is 4.79 Å². The predicted molar refractivity (Wildman–Crippen MR) is 54.2 cm³/mol. The number of nitrogens with one attached hydrogen (secondary N) is 1. The van der Waals surface area contributed by atoms with E-state index >= 15 is 0 Å². The molecule has 1 unspecified atom stereocenters. The molecule has 2 aliphatic rings. The van der Waals surface area contributed by atoms with Crippen molar-refractivity contribution in [1.29, 1.82) is 0 Å². The van der Waals surface area contributed by atoms with E-state index in [-0.39, 0.29) is 0 Å². The second kappa shape index (κ2) is 4.89. The molecule has 0 amide bonds. The van der Waals surface area contributed by atoms with E-state index in [4.69, 9.17) is 4.74 Å². The lowest BCUT2D eigenvalue weighted by Crippen LogP contribution is -2.46. The summed E-state index contributed by atoms with van der Waals surface area (Å²) >= 11 is 0. The molecule has 1 atom stereocenters. The summed E-state index contributed by atoms with van der Waals surface area (Å²) in [4.78, 5) is 11.5. The van der Waals surface area contributed by atoms with Crippen LogP contribution in [0.4, 0.5) is 0 Å². The van der Waals surface area contributed by atoms with E-state index in [1.165, 1.54) is 12.8 Å². The van der Waals surface area contributed by atoms with Crippen LogP contribution in [0.3, 0.4) is 0 Å². The second-order valence-corrected chi connectivity index (χ2v) is 4.35. The monoisotopic (exact) mass is 197 g/mol. The highest BCUT2D eigenvalue weighted by Crippen LogP contribution is 2.18. The Bertz CT molecular complexity index is 195. The largest absolute Gasteiger partial charge is 0.378 e. The molecule has 0 aromatic heterocycles. The first-order valence-corrected chi connectivity index (χ1v) is 5.71. The highest BCUT2D eigenvalue weighted by atomic mass is 16.5. The zero-order valence-corrected chi connectivity index (χ0v) is 8.63. The number of rotatable bonds is 5. The third-order valence-electron chi connectivity index (χ3n) is 3.21. The molecule has 2 fully saturated rings. The van der Waals surface area contributed by atoms with Gasteiger partial charge in [-0.15, -0.1) is 0 Å². The smallest absolute Gasteiger partial charge is 0.138 e. The summed E-state index contributed by atoms with van der Waals surface area (Å²) in [6.45, 7) is 2.72. The van der Waals surface area contributed by atoms with Crippen LogP contribution >= 0.6 is 0 Å². The van der Waals surface area contributed by atoms with Crippen molar-refractivity contribution in [2.45, 2.75) is 38.2 Å². The minimum Gasteiger partial charge on any atom is -0.378 e. The van der Waals surface area contributed by atoms with E-state index < -0.39 is 0 Å². The Morgan fingerprint density at radius 3 is 2.86 bits per heavy atom. The van der Waals surface area contributed by atoms with Crippen molar-refractivity contribution in [3.63, 3.8) is 0 Å². The van der Waals surface area contributed by atoms with Crippen LogP contribution in [0.25, 0.3) is 0 Å². The molecule has 0 aromatic rings. The fourth-order valence-corrected chi connectivity index (χ4v) is 2.10. The van der Waals surface area contributed by atoms with E-state index in [0.29, 0.717) is 17.8 Å². The molecule has 3 heteroatoms. The number of hydrogen-bond donors (Lipinski definition) is 1. The molecule has 14 heavy (non-hydrogen) atoms. The van der Waals surface area contributed by atoms with Crippen LogP contribution in [0.5, 0.6) is 0 Å². The summed E-state index contributed by atoms with van der Waals surface area (Å²) < 4.78 is 5.51. The van der Waals surface area contributed by atoms with Gasteiger partial charge >= 0.3 is 0 Å². The van der Waals surface area contributed by atoms with Crippen LogP contribution in [-0.4, -0.2) is 31.6 Å². The Labute approximate surface area is 85.2 Å². The molecule has 0 aliphatic carbocycles. The van der Waals surface area contributed by atoms with Gasteiger partial charge in [0, 0.05) is 32.0 Å². The van der Waals surface area contributed by atoms with Crippen LogP contribution in [0, 0.1) is 5.92 Å². The van der Waals surface area contributed by atoms with E-state index in [2.05, 4.69) is 5.32 Å². The summed E-state index contributed by atoms with van der Waals surface area (Å²) in [5, 5.41) is 3.13. The minimum absolute atomic E-state index is 0.319. The van der Waals surface area contributed by atoms with Crippen LogP contribution in [-0.2, 0) is 9.53 Å². The van der Waals surface area contributed by atoms with E-state index in [1.807, 2.05) is 0 Å². The second-order valence-electron chi connectivity index (χ2n) is 4.35. The number of ketones is 1. The van der Waals surface area contributed by atoms with Gasteiger partial charge < -0.3 is 10.1 Å². The summed E-state index contributed by atoms with van der Waals surface area (Å²) in [6.07, 6.45) is 5.69. The van der Waals surface area contributed by atoms with Crippen molar-refractivity contribution in [2.75, 3.05) is 19.7 Å². The Morgan fingerprint density at radius 1 is 1.43 bits per heavy atom. The number of carbonyl (C=O) groups is 1. The summed E-state index contributed by atoms with van der Waals surface area (Å²) in [5.74, 6) is 0.765. The minimum atomic E-state index is 0.319. The summed E-state index contributed by atoms with van der Waals surface area (Å²) in [7, 11) is 0. The van der Waals surface area contributed by atoms with Gasteiger partial charge in [-0.1, -0.05) is 0 Å². The summed E-state index contributed by atoms with van der Waals surface area (Å²) in [5.41, 5.74) is 0. The lowest BCUT2D eigenvalue weighted by Gasteiger charge is -2.25. The first-order valence-electron chi connectivity index (χ1n) is 5.71. The normalized spacial score (nSPS) is 27.6. The lowest BCUT2D eigenvalue weighted by molar-refractivity contribution is -0.124. The number of ether oxygens (including phenoxy) is 1. The molecule has 2 heterocycles. The maximum absolute atomic E-state index is 11.5.